The van der Waals surface area contributed by atoms with E-state index in [1.807, 2.05) is 0 Å². The molecule has 1 N–H and O–H groups in total. The lowest BCUT2D eigenvalue weighted by Crippen LogP contribution is -2.31. The maximum absolute atomic E-state index is 12.2. The van der Waals surface area contributed by atoms with E-state index in [0.29, 0.717) is 16.6 Å². The Morgan fingerprint density at radius 2 is 2.11 bits per heavy atom. The molecule has 0 unspecified atom stereocenters. The normalized spacial score (nSPS) is 12.6. The zero-order valence-electron chi connectivity index (χ0n) is 10.4. The summed E-state index contributed by atoms with van der Waals surface area (Å²) in [5, 5.41) is 2.82. The zero-order valence-corrected chi connectivity index (χ0v) is 11.2. The smallest absolute Gasteiger partial charge is 0.252 e. The van der Waals surface area contributed by atoms with Gasteiger partial charge in [-0.3, -0.25) is 0 Å². The van der Waals surface area contributed by atoms with Crippen molar-refractivity contribution in [2.45, 2.75) is 24.8 Å². The van der Waals surface area contributed by atoms with Gasteiger partial charge < -0.3 is 9.73 Å². The topological polar surface area (TPSA) is 62.6 Å². The van der Waals surface area contributed by atoms with Crippen molar-refractivity contribution < 1.29 is 21.6 Å². The van der Waals surface area contributed by atoms with E-state index < -0.39 is 23.0 Å². The van der Waals surface area contributed by atoms with Gasteiger partial charge in [0.15, 0.2) is 0 Å². The van der Waals surface area contributed by atoms with Gasteiger partial charge in [0.1, 0.15) is 16.4 Å². The van der Waals surface area contributed by atoms with E-state index in [2.05, 4.69) is 5.32 Å². The van der Waals surface area contributed by atoms with Crippen LogP contribution in [-0.2, 0) is 16.6 Å². The monoisotopic (exact) mass is 282 g/mol. The summed E-state index contributed by atoms with van der Waals surface area (Å²) < 4.78 is 54.3. The van der Waals surface area contributed by atoms with Crippen molar-refractivity contribution in [3.63, 3.8) is 0 Å². The number of alkyl halides is 2. The van der Waals surface area contributed by atoms with Gasteiger partial charge in [-0.2, -0.15) is 4.31 Å². The first-order chi connectivity index (χ1) is 8.28. The molecule has 0 aromatic carbocycles. The fourth-order valence-corrected chi connectivity index (χ4v) is 2.83. The third-order valence-electron chi connectivity index (χ3n) is 2.36. The van der Waals surface area contributed by atoms with Crippen LogP contribution in [0, 0.1) is 6.92 Å². The molecule has 5 nitrogen and oxygen atoms in total. The van der Waals surface area contributed by atoms with Crippen molar-refractivity contribution in [3.05, 3.63) is 17.6 Å². The predicted octanol–water partition coefficient (Wildman–Crippen LogP) is 1.19. The zero-order chi connectivity index (χ0) is 13.9. The number of furan rings is 1. The largest absolute Gasteiger partial charge is 0.464 e. The fraction of sp³-hybridized carbons (Fsp3) is 0.600. The van der Waals surface area contributed by atoms with Crippen LogP contribution in [0.2, 0.25) is 0 Å². The van der Waals surface area contributed by atoms with Crippen LogP contribution in [0.15, 0.2) is 15.4 Å². The lowest BCUT2D eigenvalue weighted by molar-refractivity contribution is 0.126. The Balaban J connectivity index is 3.04. The van der Waals surface area contributed by atoms with E-state index in [1.165, 1.54) is 13.0 Å². The Bertz CT molecular complexity index is 499. The minimum Gasteiger partial charge on any atom is -0.464 e. The minimum atomic E-state index is -3.93. The van der Waals surface area contributed by atoms with Gasteiger partial charge in [-0.15, -0.1) is 0 Å². The summed E-state index contributed by atoms with van der Waals surface area (Å²) in [6.45, 7) is 1.02. The number of nitrogens with one attached hydrogen (secondary N) is 1. The van der Waals surface area contributed by atoms with Crippen LogP contribution >= 0.6 is 0 Å². The van der Waals surface area contributed by atoms with Gasteiger partial charge >= 0.3 is 0 Å². The maximum atomic E-state index is 12.2. The van der Waals surface area contributed by atoms with Crippen molar-refractivity contribution in [2.75, 3.05) is 20.6 Å². The first-order valence-corrected chi connectivity index (χ1v) is 6.71. The molecular formula is C10H16F2N2O3S. The van der Waals surface area contributed by atoms with E-state index in [1.54, 1.807) is 7.05 Å². The number of hydrogen-bond donors (Lipinski definition) is 1. The third-order valence-corrected chi connectivity index (χ3v) is 4.29. The van der Waals surface area contributed by atoms with Gasteiger partial charge in [0.25, 0.3) is 6.43 Å². The molecule has 0 saturated carbocycles. The van der Waals surface area contributed by atoms with Crippen molar-refractivity contribution >= 4 is 10.0 Å². The van der Waals surface area contributed by atoms with Crippen molar-refractivity contribution in [2.24, 2.45) is 0 Å². The van der Waals surface area contributed by atoms with Crippen LogP contribution in [0.4, 0.5) is 8.78 Å². The van der Waals surface area contributed by atoms with Gasteiger partial charge in [-0.1, -0.05) is 0 Å². The summed E-state index contributed by atoms with van der Waals surface area (Å²) in [7, 11) is -1.12. The SMILES string of the molecule is CNCc1cc(S(=O)(=O)N(C)CC(F)F)c(C)o1. The summed E-state index contributed by atoms with van der Waals surface area (Å²) in [6, 6.07) is 1.35. The van der Waals surface area contributed by atoms with Crippen LogP contribution in [0.5, 0.6) is 0 Å². The maximum Gasteiger partial charge on any atom is 0.252 e. The molecule has 1 heterocycles. The summed E-state index contributed by atoms with van der Waals surface area (Å²) in [4.78, 5) is -0.0732. The Kier molecular flexibility index (Phi) is 4.83. The van der Waals surface area contributed by atoms with Crippen molar-refractivity contribution in [3.8, 4) is 0 Å². The number of hydrogen-bond acceptors (Lipinski definition) is 4. The van der Waals surface area contributed by atoms with Gasteiger partial charge in [0, 0.05) is 13.1 Å². The van der Waals surface area contributed by atoms with Gasteiger partial charge in [0.2, 0.25) is 10.0 Å². The summed E-state index contributed by atoms with van der Waals surface area (Å²) in [5.41, 5.74) is 0. The fourth-order valence-electron chi connectivity index (χ4n) is 1.50. The minimum absolute atomic E-state index is 0.0732. The highest BCUT2D eigenvalue weighted by Gasteiger charge is 2.27. The first-order valence-electron chi connectivity index (χ1n) is 5.27. The molecule has 0 aliphatic carbocycles. The van der Waals surface area contributed by atoms with Crippen molar-refractivity contribution in [1.82, 2.24) is 9.62 Å². The first kappa shape index (κ1) is 15.1. The standard InChI is InChI=1S/C10H16F2N2O3S/c1-7-9(4-8(17-7)5-13-2)18(15,16)14(3)6-10(11)12/h4,10,13H,5-6H2,1-3H3. The van der Waals surface area contributed by atoms with Crippen molar-refractivity contribution in [1.29, 1.82) is 0 Å². The van der Waals surface area contributed by atoms with E-state index in [9.17, 15) is 17.2 Å². The van der Waals surface area contributed by atoms with Crippen LogP contribution in [0.1, 0.15) is 11.5 Å². The summed E-state index contributed by atoms with van der Waals surface area (Å²) >= 11 is 0. The van der Waals surface area contributed by atoms with Crippen LogP contribution in [-0.4, -0.2) is 39.8 Å². The highest BCUT2D eigenvalue weighted by molar-refractivity contribution is 7.89. The van der Waals surface area contributed by atoms with Gasteiger partial charge in [0.05, 0.1) is 13.1 Å². The third kappa shape index (κ3) is 3.27. The molecule has 0 atom stereocenters. The molecule has 18 heavy (non-hydrogen) atoms. The average molecular weight is 282 g/mol. The second kappa shape index (κ2) is 5.77. The Labute approximate surface area is 105 Å². The molecular weight excluding hydrogens is 266 g/mol. The summed E-state index contributed by atoms with van der Waals surface area (Å²) in [6.07, 6.45) is -2.71. The van der Waals surface area contributed by atoms with Gasteiger partial charge in [-0.05, 0) is 14.0 Å². The van der Waals surface area contributed by atoms with E-state index in [-0.39, 0.29) is 10.7 Å². The van der Waals surface area contributed by atoms with E-state index in [0.717, 1.165) is 7.05 Å². The predicted molar refractivity (Wildman–Crippen MR) is 62.0 cm³/mol. The number of rotatable bonds is 6. The van der Waals surface area contributed by atoms with Crippen LogP contribution in [0.3, 0.4) is 0 Å². The molecule has 0 aliphatic rings. The average Bonchev–Trinajstić information content (AvgIpc) is 2.59. The van der Waals surface area contributed by atoms with E-state index >= 15 is 0 Å². The summed E-state index contributed by atoms with van der Waals surface area (Å²) in [5.74, 6) is 0.639. The molecule has 1 rings (SSSR count). The Hall–Kier alpha value is -0.990. The second-order valence-corrected chi connectivity index (χ2v) is 5.85. The highest BCUT2D eigenvalue weighted by atomic mass is 32.2. The molecule has 0 aliphatic heterocycles. The molecule has 0 amide bonds. The molecule has 1 aromatic heterocycles. The van der Waals surface area contributed by atoms with E-state index in [4.69, 9.17) is 4.42 Å². The Morgan fingerprint density at radius 1 is 1.50 bits per heavy atom. The number of aryl methyl sites for hydroxylation is 1. The molecule has 8 heteroatoms. The molecule has 0 bridgehead atoms. The van der Waals surface area contributed by atoms with Crippen LogP contribution < -0.4 is 5.32 Å². The molecule has 104 valence electrons. The number of sulfonamides is 1. The molecule has 1 aromatic rings. The van der Waals surface area contributed by atoms with Gasteiger partial charge in [-0.25, -0.2) is 17.2 Å². The van der Waals surface area contributed by atoms with Crippen LogP contribution in [0.25, 0.3) is 0 Å². The highest BCUT2D eigenvalue weighted by Crippen LogP contribution is 2.23. The lowest BCUT2D eigenvalue weighted by Gasteiger charge is -2.15. The lowest BCUT2D eigenvalue weighted by atomic mass is 10.4. The second-order valence-electron chi connectivity index (χ2n) is 3.84. The molecule has 0 saturated heterocycles. The Morgan fingerprint density at radius 3 is 2.61 bits per heavy atom. The molecule has 0 spiro atoms. The quantitative estimate of drug-likeness (QED) is 0.851. The molecule has 0 fully saturated rings. The number of nitrogens with zero attached hydrogens (tertiary/aromatic N) is 1. The molecule has 0 radical (unpaired) electrons. The number of halogens is 2.